The van der Waals surface area contributed by atoms with Crippen molar-refractivity contribution >= 4 is 6.21 Å². The maximum Gasteiger partial charge on any atom is 1.00 e. The zero-order valence-electron chi connectivity index (χ0n) is 8.27. The van der Waals surface area contributed by atoms with Gasteiger partial charge in [-0.1, -0.05) is 25.3 Å². The molecule has 1 rings (SSSR count). The summed E-state index contributed by atoms with van der Waals surface area (Å²) >= 11 is 0. The molecule has 0 aromatic heterocycles. The molecule has 62 valence electrons. The lowest BCUT2D eigenvalue weighted by Crippen LogP contribution is -1.96. The first-order chi connectivity index (χ1) is 5.34. The van der Waals surface area contributed by atoms with Gasteiger partial charge in [0.1, 0.15) is 0 Å². The molecule has 0 aliphatic heterocycles. The third kappa shape index (κ3) is 2.49. The van der Waals surface area contributed by atoms with E-state index >= 15 is 0 Å². The summed E-state index contributed by atoms with van der Waals surface area (Å²) in [5.41, 5.74) is 1.48. The second-order valence-electron chi connectivity index (χ2n) is 3.41. The van der Waals surface area contributed by atoms with Gasteiger partial charge in [-0.2, -0.15) is 0 Å². The molecular weight excluding hydrogens is 134 g/mol. The highest BCUT2D eigenvalue weighted by Gasteiger charge is 2.11. The van der Waals surface area contributed by atoms with Gasteiger partial charge in [-0.3, -0.25) is 0 Å². The Morgan fingerprint density at radius 3 is 3.00 bits per heavy atom. The minimum Gasteiger partial charge on any atom is -0.309 e. The van der Waals surface area contributed by atoms with E-state index in [2.05, 4.69) is 6.92 Å². The van der Waals surface area contributed by atoms with E-state index in [0.717, 1.165) is 5.92 Å². The Morgan fingerprint density at radius 1 is 1.45 bits per heavy atom. The molecule has 1 aliphatic rings. The molecule has 0 spiro atoms. The van der Waals surface area contributed by atoms with Crippen LogP contribution in [0.2, 0.25) is 0 Å². The monoisotopic (exact) mass is 152 g/mol. The van der Waals surface area contributed by atoms with E-state index in [-0.39, 0.29) is 1.43 Å². The highest BCUT2D eigenvalue weighted by molar-refractivity contribution is 5.69. The molecule has 0 amide bonds. The Kier molecular flexibility index (Phi) is 3.34. The van der Waals surface area contributed by atoms with Gasteiger partial charge in [0, 0.05) is 6.21 Å². The van der Waals surface area contributed by atoms with E-state index in [9.17, 15) is 0 Å². The molecule has 1 heteroatoms. The second-order valence-corrected chi connectivity index (χ2v) is 3.41. The molecule has 0 bridgehead atoms. The number of nitrogens with one attached hydrogen (secondary N) is 1. The molecule has 11 heavy (non-hydrogen) atoms. The lowest BCUT2D eigenvalue weighted by molar-refractivity contribution is 0.596. The molecule has 0 aromatic carbocycles. The van der Waals surface area contributed by atoms with Crippen LogP contribution in [0.15, 0.2) is 11.6 Å². The lowest BCUT2D eigenvalue weighted by Gasteiger charge is -2.09. The fourth-order valence-corrected chi connectivity index (χ4v) is 1.74. The quantitative estimate of drug-likeness (QED) is 0.440. The normalized spacial score (nSPS) is 29.9. The van der Waals surface area contributed by atoms with Gasteiger partial charge in [0.15, 0.2) is 0 Å². The van der Waals surface area contributed by atoms with Gasteiger partial charge in [-0.15, -0.1) is 0 Å². The van der Waals surface area contributed by atoms with Gasteiger partial charge in [0.25, 0.3) is 0 Å². The maximum absolute atomic E-state index is 7.00. The molecule has 0 radical (unpaired) electrons. The van der Waals surface area contributed by atoms with Crippen molar-refractivity contribution in [3.05, 3.63) is 11.6 Å². The Morgan fingerprint density at radius 2 is 2.27 bits per heavy atom. The molecule has 1 atom stereocenters. The Labute approximate surface area is 70.5 Å². The summed E-state index contributed by atoms with van der Waals surface area (Å²) in [6.45, 7) is 2.28. The average Bonchev–Trinajstić information content (AvgIpc) is 2.18. The average molecular weight is 152 g/mol. The van der Waals surface area contributed by atoms with Crippen LogP contribution in [-0.2, 0) is 0 Å². The van der Waals surface area contributed by atoms with Crippen molar-refractivity contribution in [2.24, 2.45) is 5.92 Å². The Bertz CT molecular complexity index is 163. The van der Waals surface area contributed by atoms with E-state index < -0.39 is 0 Å². The number of hydrogen-bond donors (Lipinski definition) is 1. The first-order valence-corrected chi connectivity index (χ1v) is 4.54. The maximum atomic E-state index is 7.00. The highest BCUT2D eigenvalue weighted by Crippen LogP contribution is 2.26. The van der Waals surface area contributed by atoms with Crippen LogP contribution in [0.3, 0.4) is 0 Å². The van der Waals surface area contributed by atoms with Crippen LogP contribution in [0.1, 0.15) is 40.5 Å². The second kappa shape index (κ2) is 4.32. The van der Waals surface area contributed by atoms with E-state index in [0.29, 0.717) is 0 Å². The van der Waals surface area contributed by atoms with Gasteiger partial charge in [0.2, 0.25) is 0 Å². The number of allylic oxidation sites excluding steroid dienone is 2. The SMILES string of the molecule is CC1CCCCC/C1=C\C=N.[H+]. The zero-order valence-corrected chi connectivity index (χ0v) is 7.27. The van der Waals surface area contributed by atoms with E-state index in [4.69, 9.17) is 5.41 Å². The third-order valence-electron chi connectivity index (χ3n) is 2.53. The predicted molar refractivity (Wildman–Crippen MR) is 50.2 cm³/mol. The number of rotatable bonds is 1. The van der Waals surface area contributed by atoms with Gasteiger partial charge >= 0.3 is 1.43 Å². The summed E-state index contributed by atoms with van der Waals surface area (Å²) < 4.78 is 0. The summed E-state index contributed by atoms with van der Waals surface area (Å²) in [5, 5.41) is 7.00. The molecule has 1 saturated carbocycles. The van der Waals surface area contributed by atoms with Crippen LogP contribution in [0.4, 0.5) is 0 Å². The van der Waals surface area contributed by atoms with Crippen LogP contribution in [0.5, 0.6) is 0 Å². The van der Waals surface area contributed by atoms with Crippen molar-refractivity contribution in [2.45, 2.75) is 39.0 Å². The first kappa shape index (κ1) is 8.51. The molecule has 1 nitrogen and oxygen atoms in total. The van der Waals surface area contributed by atoms with Crippen molar-refractivity contribution in [3.63, 3.8) is 0 Å². The van der Waals surface area contributed by atoms with Crippen LogP contribution in [-0.4, -0.2) is 6.21 Å². The summed E-state index contributed by atoms with van der Waals surface area (Å²) in [6, 6.07) is 0. The van der Waals surface area contributed by atoms with E-state index in [1.165, 1.54) is 43.9 Å². The third-order valence-corrected chi connectivity index (χ3v) is 2.53. The minimum absolute atomic E-state index is 0. The summed E-state index contributed by atoms with van der Waals surface area (Å²) in [4.78, 5) is 0. The molecule has 0 saturated heterocycles. The zero-order chi connectivity index (χ0) is 8.10. The fourth-order valence-electron chi connectivity index (χ4n) is 1.74. The van der Waals surface area contributed by atoms with Gasteiger partial charge in [-0.05, 0) is 31.3 Å². The number of hydrogen-bond acceptors (Lipinski definition) is 1. The molecule has 1 unspecified atom stereocenters. The van der Waals surface area contributed by atoms with E-state index in [1.807, 2.05) is 6.08 Å². The smallest absolute Gasteiger partial charge is 0.309 e. The van der Waals surface area contributed by atoms with Crippen molar-refractivity contribution < 1.29 is 1.43 Å². The van der Waals surface area contributed by atoms with Crippen molar-refractivity contribution in [1.29, 1.82) is 5.41 Å². The molecule has 1 fully saturated rings. The van der Waals surface area contributed by atoms with E-state index in [1.54, 1.807) is 0 Å². The van der Waals surface area contributed by atoms with Crippen LogP contribution >= 0.6 is 0 Å². The Hall–Kier alpha value is -0.590. The highest BCUT2D eigenvalue weighted by atomic mass is 14.3. The standard InChI is InChI=1S/C10H17N/c1-9-5-3-2-4-6-10(9)7-8-11/h7-9,11H,2-6H2,1H3/p+1/b10-7+,11-8?. The minimum atomic E-state index is 0. The predicted octanol–water partition coefficient (Wildman–Crippen LogP) is 3.28. The van der Waals surface area contributed by atoms with Crippen molar-refractivity contribution in [1.82, 2.24) is 0 Å². The van der Waals surface area contributed by atoms with Crippen LogP contribution in [0.25, 0.3) is 0 Å². The Balaban J connectivity index is 0.00000121. The molecule has 1 N–H and O–H groups in total. The van der Waals surface area contributed by atoms with Gasteiger partial charge < -0.3 is 5.41 Å². The first-order valence-electron chi connectivity index (χ1n) is 4.54. The molecule has 1 aliphatic carbocycles. The van der Waals surface area contributed by atoms with Crippen molar-refractivity contribution in [3.8, 4) is 0 Å². The van der Waals surface area contributed by atoms with Crippen LogP contribution in [0, 0.1) is 11.3 Å². The molecule has 0 aromatic rings. The topological polar surface area (TPSA) is 23.9 Å². The van der Waals surface area contributed by atoms with Gasteiger partial charge in [-0.25, -0.2) is 0 Å². The largest absolute Gasteiger partial charge is 1.00 e. The summed E-state index contributed by atoms with van der Waals surface area (Å²) in [6.07, 6.45) is 10.0. The van der Waals surface area contributed by atoms with Crippen molar-refractivity contribution in [2.75, 3.05) is 0 Å². The molecular formula is C10H18N+. The fraction of sp³-hybridized carbons (Fsp3) is 0.700. The van der Waals surface area contributed by atoms with Gasteiger partial charge in [0.05, 0.1) is 0 Å². The molecule has 0 heterocycles. The summed E-state index contributed by atoms with van der Waals surface area (Å²) in [7, 11) is 0. The lowest BCUT2D eigenvalue weighted by atomic mass is 9.96. The van der Waals surface area contributed by atoms with Crippen LogP contribution < -0.4 is 0 Å². The summed E-state index contributed by atoms with van der Waals surface area (Å²) in [5.74, 6) is 0.721.